The second-order valence-electron chi connectivity index (χ2n) is 8.56. The number of H-pyrrole nitrogens is 1. The third-order valence-corrected chi connectivity index (χ3v) is 6.60. The van der Waals surface area contributed by atoms with Gasteiger partial charge < -0.3 is 14.6 Å². The average molecular weight is 414 g/mol. The molecule has 1 aromatic heterocycles. The van der Waals surface area contributed by atoms with Crippen molar-refractivity contribution in [3.8, 4) is 0 Å². The first-order chi connectivity index (χ1) is 14.5. The van der Waals surface area contributed by atoms with Crippen molar-refractivity contribution >= 4 is 11.0 Å². The molecule has 1 saturated heterocycles. The zero-order valence-corrected chi connectivity index (χ0v) is 17.6. The first-order valence-electron chi connectivity index (χ1n) is 10.6. The van der Waals surface area contributed by atoms with E-state index in [0.29, 0.717) is 30.2 Å². The van der Waals surface area contributed by atoms with Crippen LogP contribution in [0.15, 0.2) is 48.5 Å². The van der Waals surface area contributed by atoms with Crippen LogP contribution < -0.4 is 0 Å². The zero-order chi connectivity index (χ0) is 21.1. The maximum absolute atomic E-state index is 13.0. The summed E-state index contributed by atoms with van der Waals surface area (Å²) in [6.07, 6.45) is -1.56. The van der Waals surface area contributed by atoms with Crippen LogP contribution in [0, 0.1) is 5.92 Å². The van der Waals surface area contributed by atoms with Crippen molar-refractivity contribution < 1.29 is 13.5 Å². The Balaban J connectivity index is 1.35. The van der Waals surface area contributed by atoms with Crippen molar-refractivity contribution in [2.45, 2.75) is 38.7 Å². The Morgan fingerprint density at radius 2 is 2.03 bits per heavy atom. The highest BCUT2D eigenvalue weighted by atomic mass is 19.3. The molecule has 1 fully saturated rings. The van der Waals surface area contributed by atoms with Gasteiger partial charge in [0, 0.05) is 13.1 Å². The number of aromatic nitrogens is 2. The van der Waals surface area contributed by atoms with Gasteiger partial charge in [-0.2, -0.15) is 0 Å². The Labute approximate surface area is 176 Å². The lowest BCUT2D eigenvalue weighted by Gasteiger charge is -2.45. The van der Waals surface area contributed by atoms with Gasteiger partial charge in [-0.05, 0) is 47.6 Å². The van der Waals surface area contributed by atoms with E-state index in [1.54, 1.807) is 0 Å². The van der Waals surface area contributed by atoms with Crippen LogP contribution in [0.25, 0.3) is 11.0 Å². The van der Waals surface area contributed by atoms with Gasteiger partial charge in [0.15, 0.2) is 5.82 Å². The molecule has 2 unspecified atom stereocenters. The van der Waals surface area contributed by atoms with E-state index in [1.165, 1.54) is 11.1 Å². The summed E-state index contributed by atoms with van der Waals surface area (Å²) in [6, 6.07) is 16.1. The number of hydrogen-bond acceptors (Lipinski definition) is 3. The number of nitrogens with one attached hydrogen (secondary N) is 1. The summed E-state index contributed by atoms with van der Waals surface area (Å²) in [4.78, 5) is 9.25. The number of aromatic amines is 1. The average Bonchev–Trinajstić information content (AvgIpc) is 3.18. The van der Waals surface area contributed by atoms with Crippen LogP contribution in [0.3, 0.4) is 0 Å². The molecule has 2 heterocycles. The number of halogens is 2. The topological polar surface area (TPSA) is 41.1 Å². The Hall–Kier alpha value is -2.31. The lowest BCUT2D eigenvalue weighted by atomic mass is 9.68. The number of imidazole rings is 1. The Bertz CT molecular complexity index is 975. The number of alkyl halides is 2. The van der Waals surface area contributed by atoms with E-state index >= 15 is 0 Å². The van der Waals surface area contributed by atoms with Gasteiger partial charge in [-0.1, -0.05) is 50.2 Å². The molecule has 1 N–H and O–H groups in total. The quantitative estimate of drug-likeness (QED) is 0.533. The SMILES string of the molecule is CC1CN(CCOCc2ccccc2)CCC1(C)c1ccc2[nH]c(C(F)F)nc2c1. The largest absolute Gasteiger partial charge is 0.375 e. The molecule has 2 atom stereocenters. The third kappa shape index (κ3) is 4.40. The van der Waals surface area contributed by atoms with Gasteiger partial charge in [-0.3, -0.25) is 0 Å². The van der Waals surface area contributed by atoms with Gasteiger partial charge >= 0.3 is 0 Å². The van der Waals surface area contributed by atoms with Gasteiger partial charge in [0.2, 0.25) is 0 Å². The molecule has 2 aromatic carbocycles. The molecule has 0 radical (unpaired) electrons. The lowest BCUT2D eigenvalue weighted by molar-refractivity contribution is 0.0574. The minimum atomic E-state index is -2.58. The molecule has 4 rings (SSSR count). The second kappa shape index (κ2) is 8.82. The van der Waals surface area contributed by atoms with Crippen LogP contribution in [-0.2, 0) is 16.8 Å². The second-order valence-corrected chi connectivity index (χ2v) is 8.56. The molecule has 4 nitrogen and oxygen atoms in total. The predicted molar refractivity (Wildman–Crippen MR) is 115 cm³/mol. The highest BCUT2D eigenvalue weighted by Gasteiger charge is 2.38. The Kier molecular flexibility index (Phi) is 6.16. The van der Waals surface area contributed by atoms with Gasteiger partial charge in [0.1, 0.15) is 0 Å². The summed E-state index contributed by atoms with van der Waals surface area (Å²) in [6.45, 7) is 8.82. The molecule has 0 spiro atoms. The molecular weight excluding hydrogens is 384 g/mol. The molecule has 0 bridgehead atoms. The minimum absolute atomic E-state index is 0.000466. The number of piperidine rings is 1. The maximum atomic E-state index is 13.0. The standard InChI is InChI=1S/C24H29F2N3O/c1-17-15-29(12-13-30-16-18-6-4-3-5-7-18)11-10-24(17,2)19-8-9-20-21(14-19)28-23(27-20)22(25)26/h3-9,14,17,22H,10-13,15-16H2,1-2H3,(H,27,28). The van der Waals surface area contributed by atoms with E-state index in [2.05, 4.69) is 46.9 Å². The fourth-order valence-corrected chi connectivity index (χ4v) is 4.39. The number of benzene rings is 2. The van der Waals surface area contributed by atoms with Crippen LogP contribution in [-0.4, -0.2) is 41.1 Å². The first kappa shape index (κ1) is 20.9. The Morgan fingerprint density at radius 1 is 1.23 bits per heavy atom. The monoisotopic (exact) mass is 413 g/mol. The van der Waals surface area contributed by atoms with Crippen LogP contribution >= 0.6 is 0 Å². The maximum Gasteiger partial charge on any atom is 0.295 e. The molecule has 3 aromatic rings. The van der Waals surface area contributed by atoms with Crippen molar-refractivity contribution in [3.63, 3.8) is 0 Å². The fraction of sp³-hybridized carbons (Fsp3) is 0.458. The van der Waals surface area contributed by atoms with Crippen LogP contribution in [0.1, 0.15) is 43.6 Å². The number of ether oxygens (including phenoxy) is 1. The summed E-state index contributed by atoms with van der Waals surface area (Å²) in [7, 11) is 0. The molecule has 1 aliphatic rings. The highest BCUT2D eigenvalue weighted by Crippen LogP contribution is 2.40. The summed E-state index contributed by atoms with van der Waals surface area (Å²) in [5.74, 6) is 0.178. The molecule has 0 aliphatic carbocycles. The minimum Gasteiger partial charge on any atom is -0.375 e. The van der Waals surface area contributed by atoms with E-state index in [-0.39, 0.29) is 11.2 Å². The fourth-order valence-electron chi connectivity index (χ4n) is 4.39. The third-order valence-electron chi connectivity index (χ3n) is 6.60. The first-order valence-corrected chi connectivity index (χ1v) is 10.6. The van der Waals surface area contributed by atoms with Crippen molar-refractivity contribution in [2.75, 3.05) is 26.2 Å². The highest BCUT2D eigenvalue weighted by molar-refractivity contribution is 5.76. The summed E-state index contributed by atoms with van der Waals surface area (Å²) in [5, 5.41) is 0. The summed E-state index contributed by atoms with van der Waals surface area (Å²) < 4.78 is 31.8. The van der Waals surface area contributed by atoms with Crippen molar-refractivity contribution in [1.82, 2.24) is 14.9 Å². The van der Waals surface area contributed by atoms with Crippen LogP contribution in [0.2, 0.25) is 0 Å². The number of nitrogens with zero attached hydrogens (tertiary/aromatic N) is 2. The van der Waals surface area contributed by atoms with E-state index in [9.17, 15) is 8.78 Å². The van der Waals surface area contributed by atoms with Crippen LogP contribution in [0.5, 0.6) is 0 Å². The number of likely N-dealkylation sites (tertiary alicyclic amines) is 1. The van der Waals surface area contributed by atoms with Gasteiger partial charge in [0.05, 0.1) is 24.2 Å². The van der Waals surface area contributed by atoms with Gasteiger partial charge in [-0.25, -0.2) is 13.8 Å². The molecular formula is C24H29F2N3O. The summed E-state index contributed by atoms with van der Waals surface area (Å²) >= 11 is 0. The van der Waals surface area contributed by atoms with Crippen molar-refractivity contribution in [1.29, 1.82) is 0 Å². The molecule has 6 heteroatoms. The molecule has 1 aliphatic heterocycles. The zero-order valence-electron chi connectivity index (χ0n) is 17.6. The van der Waals surface area contributed by atoms with E-state index in [4.69, 9.17) is 4.74 Å². The van der Waals surface area contributed by atoms with E-state index < -0.39 is 6.43 Å². The number of rotatable bonds is 7. The van der Waals surface area contributed by atoms with Gasteiger partial charge in [0.25, 0.3) is 6.43 Å². The molecule has 160 valence electrons. The molecule has 30 heavy (non-hydrogen) atoms. The smallest absolute Gasteiger partial charge is 0.295 e. The summed E-state index contributed by atoms with van der Waals surface area (Å²) in [5.41, 5.74) is 3.65. The van der Waals surface area contributed by atoms with Gasteiger partial charge in [-0.15, -0.1) is 0 Å². The predicted octanol–water partition coefficient (Wildman–Crippen LogP) is 5.32. The Morgan fingerprint density at radius 3 is 2.77 bits per heavy atom. The number of hydrogen-bond donors (Lipinski definition) is 1. The number of fused-ring (bicyclic) bond motifs is 1. The van der Waals surface area contributed by atoms with E-state index in [0.717, 1.165) is 26.1 Å². The lowest BCUT2D eigenvalue weighted by Crippen LogP contribution is -2.48. The normalized spacial score (nSPS) is 22.8. The molecule has 0 amide bonds. The van der Waals surface area contributed by atoms with Crippen molar-refractivity contribution in [3.05, 3.63) is 65.5 Å². The van der Waals surface area contributed by atoms with E-state index in [1.807, 2.05) is 30.3 Å². The van der Waals surface area contributed by atoms with Crippen molar-refractivity contribution in [2.24, 2.45) is 5.92 Å². The van der Waals surface area contributed by atoms with Crippen LogP contribution in [0.4, 0.5) is 8.78 Å². The molecule has 0 saturated carbocycles.